The minimum absolute atomic E-state index is 0.930. The molecule has 0 aromatic heterocycles. The second-order valence-corrected chi connectivity index (χ2v) is 30.2. The number of carbonyl (C=O) groups excluding carboxylic acids is 3. The number of rotatable bonds is 29. The Hall–Kier alpha value is -3.43. The molecule has 684 valence electrons. The number of carbonyl (C=O) groups is 3. The lowest BCUT2D eigenvalue weighted by molar-refractivity contribution is -0.394. The fourth-order valence-electron chi connectivity index (χ4n) is 15.4. The Labute approximate surface area is 668 Å². The molecule has 10 rings (SSSR count). The third-order valence-electron chi connectivity index (χ3n) is 22.0. The van der Waals surface area contributed by atoms with Gasteiger partial charge in [0.05, 0.1) is 65.1 Å². The molecule has 10 aliphatic heterocycles. The zero-order valence-electron chi connectivity index (χ0n) is 63.6. The van der Waals surface area contributed by atoms with Gasteiger partial charge in [0.25, 0.3) is 0 Å². The zero-order valence-corrected chi connectivity index (χ0v) is 63.6. The topological polar surface area (TPSA) is 809 Å². The van der Waals surface area contributed by atoms with Crippen LogP contribution in [0.3, 0.4) is 0 Å². The van der Waals surface area contributed by atoms with Gasteiger partial charge in [0, 0.05) is 20.8 Å². The molecular weight excluding hydrogens is 1620 g/mol. The van der Waals surface area contributed by atoms with Crippen LogP contribution in [0.4, 0.5) is 0 Å². The smallest absolute Gasteiger partial charge is 0.217 e. The lowest BCUT2D eigenvalue weighted by atomic mass is 9.93. The third-order valence-corrected chi connectivity index (χ3v) is 22.0. The summed E-state index contributed by atoms with van der Waals surface area (Å²) >= 11 is 0. The summed E-state index contributed by atoms with van der Waals surface area (Å²) in [5.41, 5.74) is 0. The number of nitrogens with one attached hydrogen (secondary N) is 3. The molecule has 0 bridgehead atoms. The molecule has 0 radical (unpaired) electrons. The number of aliphatic hydroxyl groups excluding tert-OH is 27. The van der Waals surface area contributed by atoms with Gasteiger partial charge < -0.3 is 244 Å². The van der Waals surface area contributed by atoms with Crippen LogP contribution in [0.1, 0.15) is 34.6 Å². The molecule has 0 saturated carbocycles. The molecule has 10 saturated heterocycles. The Kier molecular flexibility index (Phi) is 34.3. The van der Waals surface area contributed by atoms with Crippen molar-refractivity contribution in [3.05, 3.63) is 0 Å². The molecule has 52 heteroatoms. The molecule has 10 aliphatic rings. The molecule has 0 spiro atoms. The Morgan fingerprint density at radius 1 is 0.237 bits per heavy atom. The summed E-state index contributed by atoms with van der Waals surface area (Å²) < 4.78 is 112. The Morgan fingerprint density at radius 3 is 0.983 bits per heavy atom. The average molecular weight is 1730 g/mol. The molecule has 10 heterocycles. The standard InChI is InChI=1S/C66H111N3O49/c1-14-30(80)38(88)44(94)61(101-14)115-53-29(69-18(5)79)60(109-25(12-76)52(53)114-63-46(96)40(90)32(82)19(6-70)104-63)117-55-35(85)26(110-65(48(55)98)112-51-22(9-73)103-57(99)43(93)42(51)92)13-100-58-27(67-16(3)77)36(86)49(23(10-74)107-58)111-64-47(97)54(34(84)21(8-72)105-64)116-59-28(68-17(4)78)37(87)50(24(11-75)108-59)113-66-56(41(91)33(83)20(7-71)106-66)118-62-45(95)39(89)31(81)15(2)102-62/h14-15,19-66,70-76,80-99H,6-13H2,1-5H3,(H,67,77)(H,68,78)(H,69,79)/t14-,15-,19+,20+,21+,22+,23+,24+,25+,26+,27+,28+,29+,30+,31+,32-,33-,34-,35-,36+,37+,38+,39+,40-,41-,42+,43+,44-,45-,46+,47+,48+,49+,50+,51+,52+,53+,54-,55-,56+,57?,58+,59-,60-,61-,62-,63-,64-,65-,66-/m0/s1. The highest BCUT2D eigenvalue weighted by molar-refractivity contribution is 5.74. The van der Waals surface area contributed by atoms with E-state index in [0.717, 1.165) is 20.8 Å². The number of amides is 3. The first-order valence-corrected chi connectivity index (χ1v) is 37.9. The summed E-state index contributed by atoms with van der Waals surface area (Å²) in [4.78, 5) is 39.5. The average Bonchev–Trinajstić information content (AvgIpc) is 0.756. The van der Waals surface area contributed by atoms with Crippen LogP contribution in [0, 0.1) is 0 Å². The van der Waals surface area contributed by atoms with Crippen molar-refractivity contribution in [2.75, 3.05) is 52.9 Å². The van der Waals surface area contributed by atoms with Crippen molar-refractivity contribution in [1.82, 2.24) is 16.0 Å². The molecule has 30 N–H and O–H groups in total. The first-order valence-electron chi connectivity index (χ1n) is 37.9. The summed E-state index contributed by atoms with van der Waals surface area (Å²) in [6.07, 6.45) is -95.0. The van der Waals surface area contributed by atoms with Gasteiger partial charge in [-0.1, -0.05) is 0 Å². The monoisotopic (exact) mass is 1730 g/mol. The van der Waals surface area contributed by atoms with Crippen molar-refractivity contribution in [1.29, 1.82) is 0 Å². The summed E-state index contributed by atoms with van der Waals surface area (Å²) in [6, 6.07) is -5.85. The van der Waals surface area contributed by atoms with E-state index in [9.17, 15) is 152 Å². The van der Waals surface area contributed by atoms with Crippen LogP contribution in [0.15, 0.2) is 0 Å². The Bertz CT molecular complexity index is 3140. The molecular formula is C66H111N3O49. The summed E-state index contributed by atoms with van der Waals surface area (Å²) in [6.45, 7) is -3.50. The van der Waals surface area contributed by atoms with Crippen molar-refractivity contribution in [2.24, 2.45) is 0 Å². The number of hydrogen-bond donors (Lipinski definition) is 30. The highest BCUT2D eigenvalue weighted by Gasteiger charge is 2.62. The maximum Gasteiger partial charge on any atom is 0.217 e. The highest BCUT2D eigenvalue weighted by Crippen LogP contribution is 2.41. The first-order chi connectivity index (χ1) is 55.8. The van der Waals surface area contributed by atoms with Gasteiger partial charge in [0.15, 0.2) is 62.9 Å². The van der Waals surface area contributed by atoms with E-state index in [1.165, 1.54) is 13.8 Å². The van der Waals surface area contributed by atoms with Crippen molar-refractivity contribution in [2.45, 2.75) is 341 Å². The lowest BCUT2D eigenvalue weighted by Gasteiger charge is -2.52. The predicted octanol–water partition coefficient (Wildman–Crippen LogP) is -20.3. The number of hydrogen-bond acceptors (Lipinski definition) is 49. The van der Waals surface area contributed by atoms with Crippen LogP contribution in [-0.2, 0) is 104 Å². The van der Waals surface area contributed by atoms with Gasteiger partial charge in [0.1, 0.15) is 232 Å². The summed E-state index contributed by atoms with van der Waals surface area (Å²) in [5, 5.41) is 306. The number of aliphatic hydroxyl groups is 27. The maximum atomic E-state index is 13.4. The Morgan fingerprint density at radius 2 is 0.525 bits per heavy atom. The third kappa shape index (κ3) is 20.8. The van der Waals surface area contributed by atoms with E-state index in [-0.39, 0.29) is 0 Å². The van der Waals surface area contributed by atoms with E-state index >= 15 is 0 Å². The second kappa shape index (κ2) is 41.8. The SMILES string of the molecule is CC(=O)N[C@H]1[C@H](OC[C@H]2O[C@@H](O[C@H]3[C@H](O)[C@@H](O)C(O)O[C@@H]3CO)[C@H](O)[C@@H](O[C@@H]3O[C@H](CO)[C@@H](O[C@@H]4O[C@H](CO)[C@H](O)[C@H](O)[C@H]4O)[C@H](O[C@@H]4O[C@@H](C)[C@@H](O)[C@@H](O)[C@@H]4O)[C@H]3NC(C)=O)[C@H]2O)O[C@H](CO)[C@@H](O[C@@H]2O[C@H](CO)[C@H](O)[C@H](O[C@@H]3O[C@H](CO)[C@@H](O[C@@H]4O[C@H](CO)[C@H](O)[C@H](O)[C@H]4O[C@@H]4O[C@@H](C)[C@@H](O)[C@@H](O)[C@@H]4O)[C@H](O)[C@H]3NC(C)=O)[C@H]2O)[C@@H]1O. The predicted molar refractivity (Wildman–Crippen MR) is 362 cm³/mol. The Balaban J connectivity index is 0.902. The normalized spacial score (nSPS) is 51.1. The molecule has 3 amide bonds. The minimum Gasteiger partial charge on any atom is -0.394 e. The van der Waals surface area contributed by atoms with Crippen LogP contribution in [-0.4, -0.2) is 515 Å². The first kappa shape index (κ1) is 96.8. The van der Waals surface area contributed by atoms with Crippen LogP contribution >= 0.6 is 0 Å². The maximum absolute atomic E-state index is 13.4. The quantitative estimate of drug-likeness (QED) is 0.0331. The van der Waals surface area contributed by atoms with Crippen LogP contribution in [0.25, 0.3) is 0 Å². The zero-order chi connectivity index (χ0) is 86.8. The highest BCUT2D eigenvalue weighted by atomic mass is 16.8. The fraction of sp³-hybridized carbons (Fsp3) is 0.955. The van der Waals surface area contributed by atoms with E-state index in [0.29, 0.717) is 0 Å². The van der Waals surface area contributed by atoms with E-state index < -0.39 is 377 Å². The molecule has 0 aromatic carbocycles. The van der Waals surface area contributed by atoms with Gasteiger partial charge in [-0.25, -0.2) is 0 Å². The van der Waals surface area contributed by atoms with Crippen LogP contribution in [0.5, 0.6) is 0 Å². The van der Waals surface area contributed by atoms with Crippen LogP contribution < -0.4 is 16.0 Å². The van der Waals surface area contributed by atoms with E-state index in [2.05, 4.69) is 16.0 Å². The van der Waals surface area contributed by atoms with Crippen LogP contribution in [0.2, 0.25) is 0 Å². The second-order valence-electron chi connectivity index (χ2n) is 30.2. The summed E-state index contributed by atoms with van der Waals surface area (Å²) in [7, 11) is 0. The molecule has 118 heavy (non-hydrogen) atoms. The van der Waals surface area contributed by atoms with Gasteiger partial charge in [-0.15, -0.1) is 0 Å². The van der Waals surface area contributed by atoms with Gasteiger partial charge >= 0.3 is 0 Å². The molecule has 50 atom stereocenters. The van der Waals surface area contributed by atoms with Gasteiger partial charge in [-0.2, -0.15) is 0 Å². The summed E-state index contributed by atoms with van der Waals surface area (Å²) in [5.74, 6) is -2.88. The van der Waals surface area contributed by atoms with Crippen molar-refractivity contribution >= 4 is 17.7 Å². The fourth-order valence-corrected chi connectivity index (χ4v) is 15.4. The van der Waals surface area contributed by atoms with E-state index in [1.807, 2.05) is 0 Å². The van der Waals surface area contributed by atoms with Crippen molar-refractivity contribution in [3.63, 3.8) is 0 Å². The number of ether oxygens (including phenoxy) is 19. The lowest BCUT2D eigenvalue weighted by Crippen LogP contribution is -2.71. The van der Waals surface area contributed by atoms with Crippen molar-refractivity contribution in [3.8, 4) is 0 Å². The molecule has 52 nitrogen and oxygen atoms in total. The molecule has 10 fully saturated rings. The van der Waals surface area contributed by atoms with Crippen molar-refractivity contribution < 1.29 is 242 Å². The van der Waals surface area contributed by atoms with Gasteiger partial charge in [-0.3, -0.25) is 14.4 Å². The van der Waals surface area contributed by atoms with E-state index in [1.54, 1.807) is 0 Å². The molecule has 1 unspecified atom stereocenters. The van der Waals surface area contributed by atoms with E-state index in [4.69, 9.17) is 90.0 Å². The largest absolute Gasteiger partial charge is 0.394 e. The van der Waals surface area contributed by atoms with Gasteiger partial charge in [-0.05, 0) is 13.8 Å². The molecule has 0 aromatic rings. The van der Waals surface area contributed by atoms with Gasteiger partial charge in [0.2, 0.25) is 17.7 Å². The molecule has 0 aliphatic carbocycles. The minimum atomic E-state index is -2.46.